The van der Waals surface area contributed by atoms with Crippen molar-refractivity contribution in [3.05, 3.63) is 127 Å². The first-order chi connectivity index (χ1) is 20.4. The summed E-state index contributed by atoms with van der Waals surface area (Å²) in [6.45, 7) is 2.87. The number of para-hydroxylation sites is 2. The van der Waals surface area contributed by atoms with Crippen molar-refractivity contribution >= 4 is 34.8 Å². The van der Waals surface area contributed by atoms with E-state index in [0.717, 1.165) is 22.7 Å². The maximum absolute atomic E-state index is 12.7. The molecule has 3 aromatic carbocycles. The summed E-state index contributed by atoms with van der Waals surface area (Å²) in [6.07, 6.45) is 14.7. The molecule has 2 N–H and O–H groups in total. The van der Waals surface area contributed by atoms with E-state index in [0.29, 0.717) is 11.3 Å². The molecular weight excluding hydrogens is 658 g/mol. The van der Waals surface area contributed by atoms with Crippen molar-refractivity contribution in [2.45, 2.75) is 31.8 Å². The summed E-state index contributed by atoms with van der Waals surface area (Å²) in [5.41, 5.74) is 4.87. The third kappa shape index (κ3) is 7.65. The number of carbonyl (C=O) groups excluding carboxylic acids is 2. The Balaban J connectivity index is 0.000000308. The van der Waals surface area contributed by atoms with Gasteiger partial charge in [-0.05, 0) is 36.4 Å². The average Bonchev–Trinajstić information content (AvgIpc) is 3.40. The number of rotatable bonds is 4. The summed E-state index contributed by atoms with van der Waals surface area (Å²) < 4.78 is 5.49. The van der Waals surface area contributed by atoms with Gasteiger partial charge in [0.05, 0.1) is 24.4 Å². The molecule has 3 atom stereocenters. The van der Waals surface area contributed by atoms with Crippen molar-refractivity contribution in [3.8, 4) is 11.5 Å². The molecule has 3 aliphatic rings. The summed E-state index contributed by atoms with van der Waals surface area (Å²) in [5, 5.41) is 13.3. The Morgan fingerprint density at radius 1 is 0.929 bits per heavy atom. The van der Waals surface area contributed by atoms with Crippen LogP contribution < -0.4 is 15.5 Å². The molecule has 2 bridgehead atoms. The van der Waals surface area contributed by atoms with Crippen molar-refractivity contribution in [2.75, 3.05) is 0 Å². The third-order valence-corrected chi connectivity index (χ3v) is 10.5. The van der Waals surface area contributed by atoms with Crippen molar-refractivity contribution in [3.63, 3.8) is 0 Å². The Bertz CT molecular complexity index is 1400. The molecule has 1 heterocycles. The van der Waals surface area contributed by atoms with Gasteiger partial charge in [-0.3, -0.25) is 9.59 Å². The van der Waals surface area contributed by atoms with Crippen molar-refractivity contribution < 1.29 is 36.7 Å². The van der Waals surface area contributed by atoms with E-state index >= 15 is 0 Å². The molecule has 0 aromatic heterocycles. The maximum atomic E-state index is 12.7. The van der Waals surface area contributed by atoms with E-state index in [1.165, 1.54) is 20.3 Å². The molecule has 3 aromatic rings. The number of carbonyl (C=O) groups is 2. The number of hydrazine groups is 1. The fraction of sp³-hybridized carbons (Fsp3) is 0.212. The van der Waals surface area contributed by atoms with E-state index in [1.54, 1.807) is 23.2 Å². The van der Waals surface area contributed by atoms with Crippen LogP contribution in [0.2, 0.25) is 0 Å². The molecule has 6 nitrogen and oxygen atoms in total. The quantitative estimate of drug-likeness (QED) is 0.104. The average molecular weight is 692 g/mol. The minimum atomic E-state index is -1.60. The Kier molecular flexibility index (Phi) is 11.7. The van der Waals surface area contributed by atoms with E-state index in [2.05, 4.69) is 52.3 Å². The van der Waals surface area contributed by atoms with Gasteiger partial charge in [0.25, 0.3) is 0 Å². The summed E-state index contributed by atoms with van der Waals surface area (Å²) >= 11 is 2.02. The van der Waals surface area contributed by atoms with E-state index < -0.39 is 13.9 Å². The second-order valence-electron chi connectivity index (χ2n) is 10.1. The number of hydrogen-bond donors (Lipinski definition) is 2. The van der Waals surface area contributed by atoms with Crippen LogP contribution in [0.25, 0.3) is 0 Å². The van der Waals surface area contributed by atoms with Crippen LogP contribution in [0.3, 0.4) is 0 Å². The standard InChI is InChI=1S/C24H23N2O4P.C9H10.ClH.Rh/c1-16(27)26-24(19-12-6-8-14-21(19)29)31(18-10-4-3-5-11-18)23(25-26)20-13-7-9-15-22(20)30-17(2)28;1-3-8-5-2-6-9(4-1)7-8;;/h3-15,23-25,29H,1-2H3;1-6,8-9H,7H2;1H;/q;-2;;+3/t23-,24-,31?;;;/m0.../s1. The van der Waals surface area contributed by atoms with Crippen LogP contribution in [-0.2, 0) is 26.9 Å². The number of amides is 1. The van der Waals surface area contributed by atoms with Gasteiger partial charge in [0, 0.05) is 13.8 Å². The van der Waals surface area contributed by atoms with Crippen LogP contribution in [0.4, 0.5) is 0 Å². The molecule has 2 aliphatic carbocycles. The van der Waals surface area contributed by atoms with Crippen molar-refractivity contribution in [1.82, 2.24) is 10.4 Å². The van der Waals surface area contributed by atoms with Gasteiger partial charge in [0.1, 0.15) is 11.5 Å². The summed E-state index contributed by atoms with van der Waals surface area (Å²) in [4.78, 5) is 24.4. The Labute approximate surface area is 263 Å². The number of hydrogen-bond acceptors (Lipinski definition) is 5. The zero-order chi connectivity index (χ0) is 30.1. The first-order valence-electron chi connectivity index (χ1n) is 13.6. The zero-order valence-corrected chi connectivity index (χ0v) is 26.7. The second-order valence-corrected chi connectivity index (χ2v) is 12.7. The topological polar surface area (TPSA) is 78.9 Å². The molecule has 0 radical (unpaired) electrons. The van der Waals surface area contributed by atoms with Crippen LogP contribution in [0.5, 0.6) is 11.5 Å². The first kappa shape index (κ1) is 31.9. The molecule has 1 amide bonds. The number of fused-ring (bicyclic) bond motifs is 2. The van der Waals surface area contributed by atoms with Gasteiger partial charge in [-0.1, -0.05) is 48.9 Å². The predicted molar refractivity (Wildman–Crippen MR) is 166 cm³/mol. The van der Waals surface area contributed by atoms with E-state index in [1.807, 2.05) is 78.0 Å². The Hall–Kier alpha value is -3.08. The number of allylic oxidation sites excluding steroid dienone is 4. The van der Waals surface area contributed by atoms with Gasteiger partial charge in [0.2, 0.25) is 5.91 Å². The SMILES string of the molecule is C1=CC2C=C[CH-]C([CH-]1)C2.CC(=O)Oc1ccccc1[C@H]1NN(C(C)=O)[C@H](c2ccccc2O)[PH+]1c1ccccc1.[Cl][Rh+2]. The number of benzene rings is 3. The summed E-state index contributed by atoms with van der Waals surface area (Å²) in [5.74, 6) is 0.881. The van der Waals surface area contributed by atoms with Crippen LogP contribution in [0.15, 0.2) is 103 Å². The third-order valence-electron chi connectivity index (χ3n) is 7.27. The number of phenols is 1. The first-order valence-corrected chi connectivity index (χ1v) is 17.4. The van der Waals surface area contributed by atoms with Gasteiger partial charge < -0.3 is 9.84 Å². The van der Waals surface area contributed by atoms with Gasteiger partial charge in [-0.25, -0.2) is 42.2 Å². The number of phenolic OH excluding ortho intramolecular Hbond substituents is 1. The molecule has 1 unspecified atom stereocenters. The number of nitrogens with zero attached hydrogens (tertiary/aromatic N) is 1. The number of ether oxygens (including phenoxy) is 1. The summed E-state index contributed by atoms with van der Waals surface area (Å²) in [6, 6.07) is 24.5. The number of nitrogens with one attached hydrogen (secondary N) is 1. The molecule has 6 rings (SSSR count). The molecule has 1 saturated heterocycles. The van der Waals surface area contributed by atoms with Crippen LogP contribution in [-0.4, -0.2) is 22.0 Å². The minimum absolute atomic E-state index is 0.146. The molecule has 9 heteroatoms. The number of esters is 1. The predicted octanol–water partition coefficient (Wildman–Crippen LogP) is 6.77. The van der Waals surface area contributed by atoms with Gasteiger partial charge in [-0.15, -0.1) is 11.8 Å². The normalized spacial score (nSPS) is 23.2. The van der Waals surface area contributed by atoms with Crippen molar-refractivity contribution in [2.24, 2.45) is 11.8 Å². The fourth-order valence-electron chi connectivity index (χ4n) is 5.49. The van der Waals surface area contributed by atoms with Crippen molar-refractivity contribution in [1.29, 1.82) is 0 Å². The van der Waals surface area contributed by atoms with Gasteiger partial charge in [-0.2, -0.15) is 5.43 Å². The fourth-order valence-corrected chi connectivity index (χ4v) is 9.00. The van der Waals surface area contributed by atoms with Crippen LogP contribution in [0.1, 0.15) is 43.0 Å². The van der Waals surface area contributed by atoms with Crippen LogP contribution in [0, 0.1) is 24.7 Å². The summed E-state index contributed by atoms with van der Waals surface area (Å²) in [7, 11) is 2.93. The van der Waals surface area contributed by atoms with E-state index in [9.17, 15) is 14.7 Å². The molecule has 0 spiro atoms. The van der Waals surface area contributed by atoms with E-state index in [-0.39, 0.29) is 23.2 Å². The molecule has 220 valence electrons. The molecule has 1 fully saturated rings. The zero-order valence-electron chi connectivity index (χ0n) is 23.3. The van der Waals surface area contributed by atoms with E-state index in [4.69, 9.17) is 4.74 Å². The number of halogens is 1. The molecule has 0 saturated carbocycles. The number of aromatic hydroxyl groups is 1. The Morgan fingerprint density at radius 2 is 1.52 bits per heavy atom. The second kappa shape index (κ2) is 15.4. The van der Waals surface area contributed by atoms with Gasteiger partial charge >= 0.3 is 33.0 Å². The van der Waals surface area contributed by atoms with Gasteiger partial charge in [0.15, 0.2) is 11.6 Å². The molecule has 42 heavy (non-hydrogen) atoms. The monoisotopic (exact) mass is 691 g/mol. The van der Waals surface area contributed by atoms with Crippen LogP contribution >= 0.6 is 17.6 Å². The molecule has 1 aliphatic heterocycles. The molecular formula is C33H34ClN2O4PRh+. The Morgan fingerprint density at radius 3 is 2.10 bits per heavy atom.